The quantitative estimate of drug-likeness (QED) is 0.351. The molecule has 0 amide bonds. The largest absolute Gasteiger partial charge is 0.496 e. The minimum absolute atomic E-state index is 0.358. The maximum absolute atomic E-state index is 5.97. The van der Waals surface area contributed by atoms with Crippen molar-refractivity contribution in [1.82, 2.24) is 0 Å². The second kappa shape index (κ2) is 9.44. The molecule has 0 saturated heterocycles. The smallest absolute Gasteiger partial charge is 0.134 e. The number of halogens is 2. The molecule has 0 radical (unpaired) electrons. The molecular weight excluding hydrogens is 428 g/mol. The lowest BCUT2D eigenvalue weighted by atomic mass is 10.1. The summed E-state index contributed by atoms with van der Waals surface area (Å²) in [6.07, 6.45) is 1.76. The van der Waals surface area contributed by atoms with Crippen LogP contribution in [-0.4, -0.2) is 13.3 Å². The van der Waals surface area contributed by atoms with Crippen LogP contribution in [0.1, 0.15) is 11.1 Å². The van der Waals surface area contributed by atoms with Gasteiger partial charge < -0.3 is 9.47 Å². The highest BCUT2D eigenvalue weighted by Gasteiger charge is 2.07. The molecule has 3 aromatic rings. The van der Waals surface area contributed by atoms with E-state index < -0.39 is 0 Å². The first-order chi connectivity index (χ1) is 13.2. The number of rotatable bonds is 7. The highest BCUT2D eigenvalue weighted by atomic mass is 79.9. The third-order valence-electron chi connectivity index (χ3n) is 3.76. The molecule has 0 saturated carbocycles. The topological polar surface area (TPSA) is 42.8 Å². The van der Waals surface area contributed by atoms with Gasteiger partial charge in [-0.1, -0.05) is 29.8 Å². The van der Waals surface area contributed by atoms with Crippen molar-refractivity contribution in [2.75, 3.05) is 12.5 Å². The van der Waals surface area contributed by atoms with E-state index in [9.17, 15) is 0 Å². The number of hydrazone groups is 1. The van der Waals surface area contributed by atoms with Crippen molar-refractivity contribution >= 4 is 39.4 Å². The van der Waals surface area contributed by atoms with E-state index in [1.165, 1.54) is 0 Å². The molecule has 0 aliphatic carbocycles. The molecule has 0 aliphatic heterocycles. The maximum Gasteiger partial charge on any atom is 0.134 e. The van der Waals surface area contributed by atoms with Crippen LogP contribution in [0.2, 0.25) is 5.02 Å². The van der Waals surface area contributed by atoms with E-state index in [4.69, 9.17) is 21.1 Å². The third-order valence-corrected chi connectivity index (χ3v) is 4.62. The lowest BCUT2D eigenvalue weighted by Crippen LogP contribution is -2.01. The van der Waals surface area contributed by atoms with E-state index in [0.717, 1.165) is 27.0 Å². The molecule has 0 bridgehead atoms. The highest BCUT2D eigenvalue weighted by molar-refractivity contribution is 9.10. The fourth-order valence-electron chi connectivity index (χ4n) is 2.43. The van der Waals surface area contributed by atoms with Gasteiger partial charge >= 0.3 is 0 Å². The SMILES string of the molecule is COc1ccc(C=NNc2ccccc2)cc1COc1ccc(Cl)cc1Br. The first-order valence-electron chi connectivity index (χ1n) is 8.24. The van der Waals surface area contributed by atoms with Gasteiger partial charge in [-0.15, -0.1) is 0 Å². The summed E-state index contributed by atoms with van der Waals surface area (Å²) in [6, 6.07) is 21.0. The molecule has 0 aliphatic rings. The van der Waals surface area contributed by atoms with Gasteiger partial charge in [-0.3, -0.25) is 5.43 Å². The van der Waals surface area contributed by atoms with E-state index >= 15 is 0 Å². The Kier molecular flexibility index (Phi) is 6.74. The van der Waals surface area contributed by atoms with E-state index in [1.807, 2.05) is 54.6 Å². The Morgan fingerprint density at radius 1 is 1.04 bits per heavy atom. The maximum atomic E-state index is 5.97. The van der Waals surface area contributed by atoms with Gasteiger partial charge in [0.15, 0.2) is 0 Å². The van der Waals surface area contributed by atoms with Gasteiger partial charge in [-0.05, 0) is 70.0 Å². The Labute approximate surface area is 171 Å². The zero-order chi connectivity index (χ0) is 19.1. The van der Waals surface area contributed by atoms with Crippen molar-refractivity contribution in [3.8, 4) is 11.5 Å². The van der Waals surface area contributed by atoms with Gasteiger partial charge in [-0.2, -0.15) is 5.10 Å². The van der Waals surface area contributed by atoms with Crippen LogP contribution >= 0.6 is 27.5 Å². The molecule has 3 aromatic carbocycles. The number of methoxy groups -OCH3 is 1. The third kappa shape index (κ3) is 5.49. The van der Waals surface area contributed by atoms with Crippen molar-refractivity contribution in [3.63, 3.8) is 0 Å². The van der Waals surface area contributed by atoms with E-state index in [-0.39, 0.29) is 0 Å². The Balaban J connectivity index is 1.71. The number of ether oxygens (including phenoxy) is 2. The molecule has 0 heterocycles. The second-order valence-electron chi connectivity index (χ2n) is 5.67. The van der Waals surface area contributed by atoms with Gasteiger partial charge in [0.2, 0.25) is 0 Å². The van der Waals surface area contributed by atoms with Gasteiger partial charge in [0.05, 0.1) is 23.5 Å². The van der Waals surface area contributed by atoms with Crippen molar-refractivity contribution in [1.29, 1.82) is 0 Å². The zero-order valence-corrected chi connectivity index (χ0v) is 17.0. The van der Waals surface area contributed by atoms with Crippen molar-refractivity contribution in [2.45, 2.75) is 6.61 Å². The molecule has 6 heteroatoms. The van der Waals surface area contributed by atoms with Crippen molar-refractivity contribution in [2.24, 2.45) is 5.10 Å². The van der Waals surface area contributed by atoms with Gasteiger partial charge in [-0.25, -0.2) is 0 Å². The van der Waals surface area contributed by atoms with Crippen LogP contribution in [-0.2, 0) is 6.61 Å². The normalized spacial score (nSPS) is 10.8. The predicted molar refractivity (Wildman–Crippen MR) is 114 cm³/mol. The van der Waals surface area contributed by atoms with Crippen molar-refractivity contribution < 1.29 is 9.47 Å². The van der Waals surface area contributed by atoms with Crippen LogP contribution in [0.5, 0.6) is 11.5 Å². The summed E-state index contributed by atoms with van der Waals surface area (Å²) in [5.41, 5.74) is 5.79. The van der Waals surface area contributed by atoms with Crippen molar-refractivity contribution in [3.05, 3.63) is 87.4 Å². The predicted octanol–water partition coefficient (Wildman–Crippen LogP) is 6.14. The van der Waals surface area contributed by atoms with E-state index in [0.29, 0.717) is 17.4 Å². The van der Waals surface area contributed by atoms with E-state index in [2.05, 4.69) is 26.5 Å². The van der Waals surface area contributed by atoms with Crippen LogP contribution < -0.4 is 14.9 Å². The van der Waals surface area contributed by atoms with Gasteiger partial charge in [0, 0.05) is 10.6 Å². The number of benzene rings is 3. The molecule has 0 unspecified atom stereocenters. The number of nitrogens with one attached hydrogen (secondary N) is 1. The number of nitrogens with zero attached hydrogens (tertiary/aromatic N) is 1. The number of para-hydroxylation sites is 1. The van der Waals surface area contributed by atoms with Gasteiger partial charge in [0.25, 0.3) is 0 Å². The first kappa shape index (κ1) is 19.3. The fraction of sp³-hybridized carbons (Fsp3) is 0.0952. The first-order valence-corrected chi connectivity index (χ1v) is 9.41. The molecular formula is C21H18BrClN2O2. The second-order valence-corrected chi connectivity index (χ2v) is 6.96. The molecule has 3 rings (SSSR count). The Morgan fingerprint density at radius 2 is 1.81 bits per heavy atom. The molecule has 0 spiro atoms. The zero-order valence-electron chi connectivity index (χ0n) is 14.7. The summed E-state index contributed by atoms with van der Waals surface area (Å²) >= 11 is 9.43. The molecule has 1 N–H and O–H groups in total. The molecule has 27 heavy (non-hydrogen) atoms. The fourth-order valence-corrected chi connectivity index (χ4v) is 3.23. The highest BCUT2D eigenvalue weighted by Crippen LogP contribution is 2.29. The average molecular weight is 446 g/mol. The van der Waals surface area contributed by atoms with Gasteiger partial charge in [0.1, 0.15) is 18.1 Å². The Bertz CT molecular complexity index is 933. The van der Waals surface area contributed by atoms with Crippen LogP contribution in [0.4, 0.5) is 5.69 Å². The lowest BCUT2D eigenvalue weighted by Gasteiger charge is -2.12. The summed E-state index contributed by atoms with van der Waals surface area (Å²) in [5, 5.41) is 4.92. The summed E-state index contributed by atoms with van der Waals surface area (Å²) in [5.74, 6) is 1.47. The van der Waals surface area contributed by atoms with Crippen LogP contribution in [0.15, 0.2) is 76.3 Å². The van der Waals surface area contributed by atoms with Crippen LogP contribution in [0, 0.1) is 0 Å². The number of hydrogen-bond donors (Lipinski definition) is 1. The molecule has 138 valence electrons. The summed E-state index contributed by atoms with van der Waals surface area (Å²) in [6.45, 7) is 0.358. The summed E-state index contributed by atoms with van der Waals surface area (Å²) in [7, 11) is 1.64. The Morgan fingerprint density at radius 3 is 2.56 bits per heavy atom. The molecule has 0 aromatic heterocycles. The minimum Gasteiger partial charge on any atom is -0.496 e. The molecule has 0 fully saturated rings. The number of anilines is 1. The lowest BCUT2D eigenvalue weighted by molar-refractivity contribution is 0.295. The minimum atomic E-state index is 0.358. The van der Waals surface area contributed by atoms with Crippen LogP contribution in [0.3, 0.4) is 0 Å². The summed E-state index contributed by atoms with van der Waals surface area (Å²) in [4.78, 5) is 0. The van der Waals surface area contributed by atoms with E-state index in [1.54, 1.807) is 25.5 Å². The monoisotopic (exact) mass is 444 g/mol. The number of hydrogen-bond acceptors (Lipinski definition) is 4. The van der Waals surface area contributed by atoms with Crippen LogP contribution in [0.25, 0.3) is 0 Å². The molecule has 0 atom stereocenters. The standard InChI is InChI=1S/C21H18BrClN2O2/c1-26-20-9-7-15(13-24-25-18-5-3-2-4-6-18)11-16(20)14-27-21-10-8-17(23)12-19(21)22/h2-13,25H,14H2,1H3. The Hall–Kier alpha value is -2.50. The average Bonchev–Trinajstić information content (AvgIpc) is 2.68. The summed E-state index contributed by atoms with van der Waals surface area (Å²) < 4.78 is 12.1. The molecule has 4 nitrogen and oxygen atoms in total.